The summed E-state index contributed by atoms with van der Waals surface area (Å²) in [6, 6.07) is 2.08. The molecule has 0 saturated carbocycles. The lowest BCUT2D eigenvalue weighted by Gasteiger charge is -2.25. The van der Waals surface area contributed by atoms with Gasteiger partial charge in [0.2, 0.25) is 0 Å². The molecule has 1 atom stereocenters. The summed E-state index contributed by atoms with van der Waals surface area (Å²) in [4.78, 5) is 2.14. The molecular weight excluding hydrogens is 138 g/mol. The molecule has 11 heavy (non-hydrogen) atoms. The van der Waals surface area contributed by atoms with Gasteiger partial charge in [-0.05, 0) is 20.0 Å². The summed E-state index contributed by atoms with van der Waals surface area (Å²) in [5, 5.41) is 8.63. The lowest BCUT2D eigenvalue weighted by Crippen LogP contribution is -2.46. The molecule has 0 aliphatic heterocycles. The Hall–Kier alpha value is -0.590. The van der Waals surface area contributed by atoms with Crippen molar-refractivity contribution in [3.05, 3.63) is 0 Å². The third kappa shape index (κ3) is 3.97. The highest BCUT2D eigenvalue weighted by Gasteiger charge is 2.19. The zero-order chi connectivity index (χ0) is 8.91. The van der Waals surface area contributed by atoms with Crippen molar-refractivity contribution in [2.75, 3.05) is 19.6 Å². The lowest BCUT2D eigenvalue weighted by atomic mass is 10.1. The zero-order valence-electron chi connectivity index (χ0n) is 7.59. The van der Waals surface area contributed by atoms with E-state index in [0.29, 0.717) is 6.54 Å². The summed E-state index contributed by atoms with van der Waals surface area (Å²) in [6.07, 6.45) is 0. The van der Waals surface area contributed by atoms with Crippen molar-refractivity contribution < 1.29 is 0 Å². The second-order valence-corrected chi connectivity index (χ2v) is 2.99. The Morgan fingerprint density at radius 1 is 1.45 bits per heavy atom. The zero-order valence-corrected chi connectivity index (χ0v) is 7.59. The largest absolute Gasteiger partial charge is 0.313 e. The molecule has 0 aromatic heterocycles. The average Bonchev–Trinajstić information content (AvgIpc) is 2.00. The van der Waals surface area contributed by atoms with E-state index in [1.807, 2.05) is 0 Å². The van der Waals surface area contributed by atoms with Crippen LogP contribution in [0.4, 0.5) is 0 Å². The van der Waals surface area contributed by atoms with Gasteiger partial charge in [0.1, 0.15) is 5.54 Å². The summed E-state index contributed by atoms with van der Waals surface area (Å²) in [6.45, 7) is 8.44. The summed E-state index contributed by atoms with van der Waals surface area (Å²) < 4.78 is 0. The number of nitrogens with two attached hydrogens (primary N) is 1. The standard InChI is InChI=1S/C8H17N3/c1-4-11(5-2)7-8(3,10)6-9/h4-5,7,10H2,1-3H3. The summed E-state index contributed by atoms with van der Waals surface area (Å²) in [5.41, 5.74) is 4.96. The Labute approximate surface area is 68.8 Å². The Balaban J connectivity index is 3.92. The van der Waals surface area contributed by atoms with Crippen LogP contribution in [-0.2, 0) is 0 Å². The molecule has 0 aromatic carbocycles. The first-order chi connectivity index (χ1) is 5.05. The van der Waals surface area contributed by atoms with E-state index < -0.39 is 5.54 Å². The Kier molecular flexibility index (Phi) is 4.09. The second kappa shape index (κ2) is 4.32. The first kappa shape index (κ1) is 10.4. The van der Waals surface area contributed by atoms with E-state index in [-0.39, 0.29) is 0 Å². The molecule has 64 valence electrons. The number of likely N-dealkylation sites (N-methyl/N-ethyl adjacent to an activating group) is 1. The van der Waals surface area contributed by atoms with Gasteiger partial charge in [-0.25, -0.2) is 0 Å². The van der Waals surface area contributed by atoms with Gasteiger partial charge in [-0.15, -0.1) is 0 Å². The topological polar surface area (TPSA) is 53.0 Å². The number of nitrogens with zero attached hydrogens (tertiary/aromatic N) is 2. The lowest BCUT2D eigenvalue weighted by molar-refractivity contribution is 0.264. The fourth-order valence-corrected chi connectivity index (χ4v) is 0.947. The molecular formula is C8H17N3. The van der Waals surface area contributed by atoms with Crippen LogP contribution >= 0.6 is 0 Å². The van der Waals surface area contributed by atoms with Crippen LogP contribution in [0.15, 0.2) is 0 Å². The van der Waals surface area contributed by atoms with Crippen molar-refractivity contribution in [2.45, 2.75) is 26.3 Å². The van der Waals surface area contributed by atoms with E-state index in [1.165, 1.54) is 0 Å². The summed E-state index contributed by atoms with van der Waals surface area (Å²) >= 11 is 0. The predicted octanol–water partition coefficient (Wildman–Crippen LogP) is 0.569. The molecule has 1 unspecified atom stereocenters. The van der Waals surface area contributed by atoms with Gasteiger partial charge < -0.3 is 10.6 Å². The van der Waals surface area contributed by atoms with Gasteiger partial charge >= 0.3 is 0 Å². The van der Waals surface area contributed by atoms with Gasteiger partial charge in [0.25, 0.3) is 0 Å². The van der Waals surface area contributed by atoms with Crippen LogP contribution in [0.25, 0.3) is 0 Å². The van der Waals surface area contributed by atoms with Crippen molar-refractivity contribution in [1.82, 2.24) is 4.90 Å². The number of nitriles is 1. The van der Waals surface area contributed by atoms with E-state index >= 15 is 0 Å². The molecule has 0 rings (SSSR count). The summed E-state index contributed by atoms with van der Waals surface area (Å²) in [7, 11) is 0. The van der Waals surface area contributed by atoms with Crippen molar-refractivity contribution in [2.24, 2.45) is 5.73 Å². The van der Waals surface area contributed by atoms with Crippen LogP contribution < -0.4 is 5.73 Å². The van der Waals surface area contributed by atoms with Gasteiger partial charge in [-0.3, -0.25) is 0 Å². The van der Waals surface area contributed by atoms with Crippen LogP contribution in [0, 0.1) is 11.3 Å². The SMILES string of the molecule is CCN(CC)CC(C)(N)C#N. The Morgan fingerprint density at radius 2 is 1.91 bits per heavy atom. The van der Waals surface area contributed by atoms with Crippen molar-refractivity contribution in [3.8, 4) is 6.07 Å². The molecule has 0 bridgehead atoms. The van der Waals surface area contributed by atoms with Gasteiger partial charge in [-0.1, -0.05) is 13.8 Å². The average molecular weight is 155 g/mol. The molecule has 0 aliphatic carbocycles. The van der Waals surface area contributed by atoms with E-state index in [2.05, 4.69) is 24.8 Å². The fraction of sp³-hybridized carbons (Fsp3) is 0.875. The van der Waals surface area contributed by atoms with Crippen LogP contribution in [0.2, 0.25) is 0 Å². The molecule has 0 spiro atoms. The molecule has 0 heterocycles. The van der Waals surface area contributed by atoms with Crippen LogP contribution in [-0.4, -0.2) is 30.1 Å². The van der Waals surface area contributed by atoms with Crippen molar-refractivity contribution in [3.63, 3.8) is 0 Å². The first-order valence-corrected chi connectivity index (χ1v) is 3.98. The van der Waals surface area contributed by atoms with Crippen molar-refractivity contribution in [1.29, 1.82) is 5.26 Å². The maximum Gasteiger partial charge on any atom is 0.114 e. The van der Waals surface area contributed by atoms with E-state index in [0.717, 1.165) is 13.1 Å². The molecule has 0 radical (unpaired) electrons. The minimum absolute atomic E-state index is 0.649. The molecule has 3 heteroatoms. The van der Waals surface area contributed by atoms with Gasteiger partial charge in [0.15, 0.2) is 0 Å². The molecule has 0 aliphatic rings. The number of rotatable bonds is 4. The normalized spacial score (nSPS) is 16.0. The van der Waals surface area contributed by atoms with Crippen LogP contribution in [0.5, 0.6) is 0 Å². The maximum atomic E-state index is 8.63. The molecule has 0 saturated heterocycles. The minimum atomic E-state index is -0.702. The molecule has 0 aromatic rings. The second-order valence-electron chi connectivity index (χ2n) is 2.99. The highest BCUT2D eigenvalue weighted by atomic mass is 15.1. The molecule has 0 amide bonds. The Morgan fingerprint density at radius 3 is 2.18 bits per heavy atom. The van der Waals surface area contributed by atoms with E-state index in [4.69, 9.17) is 11.0 Å². The monoisotopic (exact) mass is 155 g/mol. The smallest absolute Gasteiger partial charge is 0.114 e. The fourth-order valence-electron chi connectivity index (χ4n) is 0.947. The van der Waals surface area contributed by atoms with Crippen LogP contribution in [0.1, 0.15) is 20.8 Å². The van der Waals surface area contributed by atoms with E-state index in [9.17, 15) is 0 Å². The Bertz CT molecular complexity index is 142. The first-order valence-electron chi connectivity index (χ1n) is 3.98. The molecule has 2 N–H and O–H groups in total. The highest BCUT2D eigenvalue weighted by Crippen LogP contribution is 2.00. The quantitative estimate of drug-likeness (QED) is 0.645. The molecule has 3 nitrogen and oxygen atoms in total. The third-order valence-corrected chi connectivity index (χ3v) is 1.70. The number of hydrogen-bond acceptors (Lipinski definition) is 3. The summed E-state index contributed by atoms with van der Waals surface area (Å²) in [5.74, 6) is 0. The van der Waals surface area contributed by atoms with E-state index in [1.54, 1.807) is 6.92 Å². The van der Waals surface area contributed by atoms with Crippen molar-refractivity contribution >= 4 is 0 Å². The maximum absolute atomic E-state index is 8.63. The van der Waals surface area contributed by atoms with Gasteiger partial charge in [-0.2, -0.15) is 5.26 Å². The molecule has 0 fully saturated rings. The third-order valence-electron chi connectivity index (χ3n) is 1.70. The highest BCUT2D eigenvalue weighted by molar-refractivity contribution is 5.02. The number of hydrogen-bond donors (Lipinski definition) is 1. The minimum Gasteiger partial charge on any atom is -0.313 e. The van der Waals surface area contributed by atoms with Crippen LogP contribution in [0.3, 0.4) is 0 Å². The predicted molar refractivity (Wildman–Crippen MR) is 46.0 cm³/mol. The van der Waals surface area contributed by atoms with Gasteiger partial charge in [0.05, 0.1) is 6.07 Å². The van der Waals surface area contributed by atoms with Gasteiger partial charge in [0, 0.05) is 6.54 Å².